The van der Waals surface area contributed by atoms with Crippen molar-refractivity contribution in [3.8, 4) is 0 Å². The molecule has 2 N–H and O–H groups in total. The first-order valence-corrected chi connectivity index (χ1v) is 8.92. The van der Waals surface area contributed by atoms with Crippen LogP contribution in [0.15, 0.2) is 42.5 Å². The Kier molecular flexibility index (Phi) is 7.29. The zero-order chi connectivity index (χ0) is 19.3. The van der Waals surface area contributed by atoms with Gasteiger partial charge in [0.2, 0.25) is 11.8 Å². The van der Waals surface area contributed by atoms with Gasteiger partial charge in [-0.3, -0.25) is 14.5 Å². The van der Waals surface area contributed by atoms with Crippen LogP contribution in [0.4, 0.5) is 11.4 Å². The van der Waals surface area contributed by atoms with Crippen LogP contribution in [0.1, 0.15) is 6.92 Å². The van der Waals surface area contributed by atoms with Crippen molar-refractivity contribution in [2.24, 2.45) is 0 Å². The topological polar surface area (TPSA) is 61.4 Å². The molecular formula is C18H18Cl3N3O2. The summed E-state index contributed by atoms with van der Waals surface area (Å²) < 4.78 is 0. The quantitative estimate of drug-likeness (QED) is 0.729. The number of rotatable bonds is 6. The fraction of sp³-hybridized carbons (Fsp3) is 0.222. The molecule has 2 aromatic rings. The van der Waals surface area contributed by atoms with Gasteiger partial charge < -0.3 is 10.6 Å². The molecule has 26 heavy (non-hydrogen) atoms. The molecule has 0 saturated heterocycles. The summed E-state index contributed by atoms with van der Waals surface area (Å²) in [5, 5.41) is 6.73. The summed E-state index contributed by atoms with van der Waals surface area (Å²) in [6.07, 6.45) is 0. The maximum Gasteiger partial charge on any atom is 0.241 e. The van der Waals surface area contributed by atoms with Gasteiger partial charge in [-0.15, -0.1) is 0 Å². The van der Waals surface area contributed by atoms with Crippen molar-refractivity contribution in [3.05, 3.63) is 57.5 Å². The second-order valence-corrected chi connectivity index (χ2v) is 6.98. The number of nitrogens with one attached hydrogen (secondary N) is 2. The highest BCUT2D eigenvalue weighted by atomic mass is 35.5. The number of likely N-dealkylation sites (N-methyl/N-ethyl adjacent to an activating group) is 1. The number of carbonyl (C=O) groups is 2. The molecule has 0 unspecified atom stereocenters. The molecule has 0 saturated carbocycles. The Balaban J connectivity index is 1.93. The first kappa shape index (κ1) is 20.5. The highest BCUT2D eigenvalue weighted by Gasteiger charge is 2.21. The fourth-order valence-electron chi connectivity index (χ4n) is 2.14. The molecule has 2 rings (SSSR count). The van der Waals surface area contributed by atoms with E-state index >= 15 is 0 Å². The average Bonchev–Trinajstić information content (AvgIpc) is 2.59. The molecule has 0 aliphatic rings. The normalized spacial score (nSPS) is 11.9. The molecule has 0 bridgehead atoms. The van der Waals surface area contributed by atoms with Crippen LogP contribution in [-0.4, -0.2) is 36.3 Å². The second-order valence-electron chi connectivity index (χ2n) is 5.73. The number of carbonyl (C=O) groups excluding carboxylic acids is 2. The van der Waals surface area contributed by atoms with E-state index in [0.717, 1.165) is 0 Å². The van der Waals surface area contributed by atoms with Crippen LogP contribution in [0.3, 0.4) is 0 Å². The summed E-state index contributed by atoms with van der Waals surface area (Å²) in [5.41, 5.74) is 0.986. The molecule has 0 aliphatic carbocycles. The largest absolute Gasteiger partial charge is 0.325 e. The van der Waals surface area contributed by atoms with Gasteiger partial charge in [0.1, 0.15) is 0 Å². The summed E-state index contributed by atoms with van der Waals surface area (Å²) >= 11 is 17.9. The molecule has 8 heteroatoms. The minimum absolute atomic E-state index is 0.00322. The zero-order valence-corrected chi connectivity index (χ0v) is 16.5. The third-order valence-electron chi connectivity index (χ3n) is 3.77. The Morgan fingerprint density at radius 3 is 2.15 bits per heavy atom. The molecule has 0 aliphatic heterocycles. The minimum atomic E-state index is -0.529. The van der Waals surface area contributed by atoms with Crippen LogP contribution in [0, 0.1) is 0 Å². The number of hydrogen-bond acceptors (Lipinski definition) is 3. The molecule has 0 spiro atoms. The monoisotopic (exact) mass is 413 g/mol. The molecule has 0 aromatic heterocycles. The first-order chi connectivity index (χ1) is 12.3. The summed E-state index contributed by atoms with van der Waals surface area (Å²) in [5.74, 6) is -0.563. The van der Waals surface area contributed by atoms with Gasteiger partial charge in [0, 0.05) is 10.7 Å². The van der Waals surface area contributed by atoms with Gasteiger partial charge in [0.05, 0.1) is 28.3 Å². The SMILES string of the molecule is C[C@H](C(=O)Nc1ccc(Cl)cc1)N(C)CC(=O)Nc1c(Cl)cccc1Cl. The third-order valence-corrected chi connectivity index (χ3v) is 4.65. The van der Waals surface area contributed by atoms with Crippen molar-refractivity contribution < 1.29 is 9.59 Å². The van der Waals surface area contributed by atoms with Crippen LogP contribution in [0.25, 0.3) is 0 Å². The molecule has 2 amide bonds. The van der Waals surface area contributed by atoms with E-state index < -0.39 is 6.04 Å². The fourth-order valence-corrected chi connectivity index (χ4v) is 2.76. The molecule has 138 valence electrons. The van der Waals surface area contributed by atoms with Crippen LogP contribution in [-0.2, 0) is 9.59 Å². The van der Waals surface area contributed by atoms with Crippen LogP contribution < -0.4 is 10.6 Å². The highest BCUT2D eigenvalue weighted by Crippen LogP contribution is 2.29. The Hall–Kier alpha value is -1.79. The molecule has 0 fully saturated rings. The van der Waals surface area contributed by atoms with Gasteiger partial charge in [-0.05, 0) is 50.4 Å². The lowest BCUT2D eigenvalue weighted by Gasteiger charge is -2.23. The second kappa shape index (κ2) is 9.24. The van der Waals surface area contributed by atoms with Gasteiger partial charge in [-0.1, -0.05) is 40.9 Å². The average molecular weight is 415 g/mol. The molecule has 0 heterocycles. The van der Waals surface area contributed by atoms with E-state index in [4.69, 9.17) is 34.8 Å². The van der Waals surface area contributed by atoms with Crippen LogP contribution in [0.2, 0.25) is 15.1 Å². The van der Waals surface area contributed by atoms with E-state index in [1.165, 1.54) is 0 Å². The number of amides is 2. The summed E-state index contributed by atoms with van der Waals surface area (Å²) in [6.45, 7) is 1.71. The lowest BCUT2D eigenvalue weighted by molar-refractivity contribution is -0.122. The predicted molar refractivity (Wildman–Crippen MR) is 107 cm³/mol. The van der Waals surface area contributed by atoms with Crippen molar-refractivity contribution >= 4 is 58.0 Å². The third kappa shape index (κ3) is 5.61. The number of anilines is 2. The van der Waals surface area contributed by atoms with Gasteiger partial charge in [0.25, 0.3) is 0 Å². The summed E-state index contributed by atoms with van der Waals surface area (Å²) in [6, 6.07) is 11.2. The van der Waals surface area contributed by atoms with E-state index in [1.807, 2.05) is 0 Å². The number of hydrogen-bond donors (Lipinski definition) is 2. The Bertz CT molecular complexity index is 777. The highest BCUT2D eigenvalue weighted by molar-refractivity contribution is 6.39. The summed E-state index contributed by atoms with van der Waals surface area (Å²) in [7, 11) is 1.68. The number of nitrogens with zero attached hydrogens (tertiary/aromatic N) is 1. The van der Waals surface area contributed by atoms with Gasteiger partial charge >= 0.3 is 0 Å². The minimum Gasteiger partial charge on any atom is -0.325 e. The lowest BCUT2D eigenvalue weighted by atomic mass is 10.2. The smallest absolute Gasteiger partial charge is 0.241 e. The van der Waals surface area contributed by atoms with Gasteiger partial charge in [-0.25, -0.2) is 0 Å². The maximum absolute atomic E-state index is 12.3. The van der Waals surface area contributed by atoms with Crippen molar-refractivity contribution in [2.75, 3.05) is 24.2 Å². The lowest BCUT2D eigenvalue weighted by Crippen LogP contribution is -2.43. The van der Waals surface area contributed by atoms with E-state index in [1.54, 1.807) is 61.3 Å². The van der Waals surface area contributed by atoms with Crippen LogP contribution >= 0.6 is 34.8 Å². The van der Waals surface area contributed by atoms with Crippen LogP contribution in [0.5, 0.6) is 0 Å². The number of halogens is 3. The Morgan fingerprint density at radius 2 is 1.58 bits per heavy atom. The molecule has 1 atom stereocenters. The molecule has 5 nitrogen and oxygen atoms in total. The maximum atomic E-state index is 12.3. The van der Waals surface area contributed by atoms with E-state index in [0.29, 0.717) is 26.4 Å². The van der Waals surface area contributed by atoms with Gasteiger partial charge in [-0.2, -0.15) is 0 Å². The standard InChI is InChI=1S/C18H18Cl3N3O2/c1-11(18(26)22-13-8-6-12(19)7-9-13)24(2)10-16(25)23-17-14(20)4-3-5-15(17)21/h3-9,11H,10H2,1-2H3,(H,22,26)(H,23,25)/t11-/m1/s1. The van der Waals surface area contributed by atoms with E-state index in [9.17, 15) is 9.59 Å². The van der Waals surface area contributed by atoms with Crippen molar-refractivity contribution in [2.45, 2.75) is 13.0 Å². The summed E-state index contributed by atoms with van der Waals surface area (Å²) in [4.78, 5) is 26.2. The Morgan fingerprint density at radius 1 is 1.00 bits per heavy atom. The Labute approximate surface area is 167 Å². The molecule has 2 aromatic carbocycles. The van der Waals surface area contributed by atoms with Crippen molar-refractivity contribution in [3.63, 3.8) is 0 Å². The number of benzene rings is 2. The first-order valence-electron chi connectivity index (χ1n) is 7.78. The van der Waals surface area contributed by atoms with E-state index in [-0.39, 0.29) is 18.4 Å². The predicted octanol–water partition coefficient (Wildman–Crippen LogP) is 4.54. The van der Waals surface area contributed by atoms with Gasteiger partial charge in [0.15, 0.2) is 0 Å². The molecular weight excluding hydrogens is 397 g/mol. The van der Waals surface area contributed by atoms with Crippen molar-refractivity contribution in [1.82, 2.24) is 4.90 Å². The van der Waals surface area contributed by atoms with E-state index in [2.05, 4.69) is 10.6 Å². The zero-order valence-electron chi connectivity index (χ0n) is 14.2. The number of para-hydroxylation sites is 1. The molecule has 0 radical (unpaired) electrons. The van der Waals surface area contributed by atoms with Crippen molar-refractivity contribution in [1.29, 1.82) is 0 Å².